The molecule has 0 aromatic carbocycles. The highest BCUT2D eigenvalue weighted by Crippen LogP contribution is 2.29. The summed E-state index contributed by atoms with van der Waals surface area (Å²) in [4.78, 5) is 1.24. The first-order chi connectivity index (χ1) is 7.42. The molecule has 1 atom stereocenters. The molecular formula is C10H16BrNO2S2. The Morgan fingerprint density at radius 3 is 2.62 bits per heavy atom. The summed E-state index contributed by atoms with van der Waals surface area (Å²) in [5.74, 6) is 0.262. The fourth-order valence-corrected chi connectivity index (χ4v) is 3.75. The third kappa shape index (κ3) is 4.95. The van der Waals surface area contributed by atoms with Crippen LogP contribution in [-0.2, 0) is 9.84 Å². The van der Waals surface area contributed by atoms with Gasteiger partial charge in [0.15, 0.2) is 0 Å². The van der Waals surface area contributed by atoms with Gasteiger partial charge in [-0.3, -0.25) is 0 Å². The molecule has 1 heterocycles. The summed E-state index contributed by atoms with van der Waals surface area (Å²) < 4.78 is 23.1. The van der Waals surface area contributed by atoms with Crippen LogP contribution < -0.4 is 5.32 Å². The van der Waals surface area contributed by atoms with E-state index in [1.165, 1.54) is 11.1 Å². The van der Waals surface area contributed by atoms with Crippen molar-refractivity contribution < 1.29 is 8.42 Å². The first-order valence-corrected chi connectivity index (χ1v) is 8.69. The molecule has 0 aliphatic rings. The molecule has 0 bridgehead atoms. The van der Waals surface area contributed by atoms with E-state index in [0.29, 0.717) is 6.42 Å². The van der Waals surface area contributed by atoms with Crippen molar-refractivity contribution >= 4 is 37.1 Å². The van der Waals surface area contributed by atoms with Crippen LogP contribution in [0.5, 0.6) is 0 Å². The van der Waals surface area contributed by atoms with Gasteiger partial charge in [0.2, 0.25) is 0 Å². The number of hydrogen-bond donors (Lipinski definition) is 1. The summed E-state index contributed by atoms with van der Waals surface area (Å²) >= 11 is 5.11. The molecule has 1 N–H and O–H groups in total. The molecule has 0 saturated heterocycles. The van der Waals surface area contributed by atoms with E-state index in [1.807, 2.05) is 13.1 Å². The lowest BCUT2D eigenvalue weighted by Gasteiger charge is -2.13. The average Bonchev–Trinajstić information content (AvgIpc) is 2.58. The molecule has 0 amide bonds. The topological polar surface area (TPSA) is 46.2 Å². The highest BCUT2D eigenvalue weighted by molar-refractivity contribution is 9.11. The predicted molar refractivity (Wildman–Crippen MR) is 72.8 cm³/mol. The van der Waals surface area contributed by atoms with Crippen LogP contribution in [0.25, 0.3) is 0 Å². The average molecular weight is 326 g/mol. The zero-order chi connectivity index (χ0) is 12.2. The SMILES string of the molecule is CNC(CCCS(C)(=O)=O)c1ccc(Br)s1. The van der Waals surface area contributed by atoms with Crippen molar-refractivity contribution in [2.24, 2.45) is 0 Å². The second-order valence-electron chi connectivity index (χ2n) is 3.76. The minimum absolute atomic E-state index is 0.248. The number of halogens is 1. The second kappa shape index (κ2) is 6.14. The Morgan fingerprint density at radius 1 is 1.50 bits per heavy atom. The summed E-state index contributed by atoms with van der Waals surface area (Å²) in [6, 6.07) is 4.33. The molecule has 1 aromatic rings. The molecule has 0 spiro atoms. The van der Waals surface area contributed by atoms with Gasteiger partial charge in [-0.05, 0) is 48.0 Å². The molecular weight excluding hydrogens is 310 g/mol. The molecule has 1 aromatic heterocycles. The largest absolute Gasteiger partial charge is 0.312 e. The second-order valence-corrected chi connectivity index (χ2v) is 8.51. The van der Waals surface area contributed by atoms with E-state index >= 15 is 0 Å². The molecule has 16 heavy (non-hydrogen) atoms. The van der Waals surface area contributed by atoms with Crippen LogP contribution in [-0.4, -0.2) is 27.5 Å². The lowest BCUT2D eigenvalue weighted by atomic mass is 10.1. The van der Waals surface area contributed by atoms with Crippen molar-refractivity contribution in [2.75, 3.05) is 19.1 Å². The van der Waals surface area contributed by atoms with Crippen molar-refractivity contribution in [3.8, 4) is 0 Å². The predicted octanol–water partition coefficient (Wildman–Crippen LogP) is 2.60. The molecule has 0 fully saturated rings. The third-order valence-electron chi connectivity index (χ3n) is 2.29. The van der Waals surface area contributed by atoms with Gasteiger partial charge in [0.1, 0.15) is 9.84 Å². The summed E-state index contributed by atoms with van der Waals surface area (Å²) in [6.45, 7) is 0. The number of hydrogen-bond acceptors (Lipinski definition) is 4. The lowest BCUT2D eigenvalue weighted by molar-refractivity contribution is 0.543. The van der Waals surface area contributed by atoms with Crippen molar-refractivity contribution in [3.05, 3.63) is 20.8 Å². The third-order valence-corrected chi connectivity index (χ3v) is 5.06. The van der Waals surface area contributed by atoms with E-state index < -0.39 is 9.84 Å². The monoisotopic (exact) mass is 325 g/mol. The van der Waals surface area contributed by atoms with E-state index in [0.717, 1.165) is 10.2 Å². The van der Waals surface area contributed by atoms with Gasteiger partial charge in [-0.1, -0.05) is 0 Å². The summed E-state index contributed by atoms with van der Waals surface area (Å²) in [5.41, 5.74) is 0. The van der Waals surface area contributed by atoms with Crippen LogP contribution in [0, 0.1) is 0 Å². The van der Waals surface area contributed by atoms with Crippen LogP contribution >= 0.6 is 27.3 Å². The zero-order valence-corrected chi connectivity index (χ0v) is 12.6. The molecule has 3 nitrogen and oxygen atoms in total. The fourth-order valence-electron chi connectivity index (χ4n) is 1.49. The summed E-state index contributed by atoms with van der Waals surface area (Å²) in [7, 11) is -0.937. The van der Waals surface area contributed by atoms with Crippen LogP contribution in [0.1, 0.15) is 23.8 Å². The number of rotatable bonds is 6. The molecule has 92 valence electrons. The molecule has 1 rings (SSSR count). The van der Waals surface area contributed by atoms with Gasteiger partial charge >= 0.3 is 0 Å². The number of nitrogens with one attached hydrogen (secondary N) is 1. The first kappa shape index (κ1) is 14.2. The number of thiophene rings is 1. The number of sulfone groups is 1. The van der Waals surface area contributed by atoms with Gasteiger partial charge in [0.25, 0.3) is 0 Å². The zero-order valence-electron chi connectivity index (χ0n) is 9.36. The summed E-state index contributed by atoms with van der Waals surface area (Å²) in [6.07, 6.45) is 2.82. The molecule has 0 saturated carbocycles. The Hall–Kier alpha value is 0.0900. The van der Waals surface area contributed by atoms with E-state index in [1.54, 1.807) is 11.3 Å². The van der Waals surface area contributed by atoms with E-state index in [-0.39, 0.29) is 11.8 Å². The Bertz CT molecular complexity index is 428. The van der Waals surface area contributed by atoms with Gasteiger partial charge in [0, 0.05) is 22.9 Å². The van der Waals surface area contributed by atoms with Gasteiger partial charge in [-0.2, -0.15) is 0 Å². The highest BCUT2D eigenvalue weighted by atomic mass is 79.9. The van der Waals surface area contributed by atoms with Crippen molar-refractivity contribution in [2.45, 2.75) is 18.9 Å². The Kier molecular flexibility index (Phi) is 5.43. The van der Waals surface area contributed by atoms with Crippen molar-refractivity contribution in [1.82, 2.24) is 5.32 Å². The highest BCUT2D eigenvalue weighted by Gasteiger charge is 2.12. The Morgan fingerprint density at radius 2 is 2.19 bits per heavy atom. The minimum Gasteiger partial charge on any atom is -0.312 e. The Balaban J connectivity index is 2.50. The van der Waals surface area contributed by atoms with Gasteiger partial charge in [-0.15, -0.1) is 11.3 Å². The first-order valence-electron chi connectivity index (χ1n) is 5.02. The smallest absolute Gasteiger partial charge is 0.147 e. The molecule has 6 heteroatoms. The van der Waals surface area contributed by atoms with Crippen LogP contribution in [0.15, 0.2) is 15.9 Å². The van der Waals surface area contributed by atoms with Gasteiger partial charge in [0.05, 0.1) is 3.79 Å². The maximum absolute atomic E-state index is 11.0. The molecule has 0 radical (unpaired) electrons. The van der Waals surface area contributed by atoms with E-state index in [4.69, 9.17) is 0 Å². The molecule has 0 aliphatic heterocycles. The minimum atomic E-state index is -2.84. The van der Waals surface area contributed by atoms with E-state index in [9.17, 15) is 8.42 Å². The molecule has 0 aliphatic carbocycles. The van der Waals surface area contributed by atoms with Crippen LogP contribution in [0.2, 0.25) is 0 Å². The summed E-state index contributed by atoms with van der Waals surface area (Å²) in [5, 5.41) is 3.21. The quantitative estimate of drug-likeness (QED) is 0.874. The van der Waals surface area contributed by atoms with Crippen molar-refractivity contribution in [1.29, 1.82) is 0 Å². The van der Waals surface area contributed by atoms with Gasteiger partial charge in [-0.25, -0.2) is 8.42 Å². The fraction of sp³-hybridized carbons (Fsp3) is 0.600. The van der Waals surface area contributed by atoms with E-state index in [2.05, 4.69) is 27.3 Å². The lowest BCUT2D eigenvalue weighted by Crippen LogP contribution is -2.16. The van der Waals surface area contributed by atoms with Crippen LogP contribution in [0.4, 0.5) is 0 Å². The standard InChI is InChI=1S/C10H16BrNO2S2/c1-12-8(4-3-7-16(2,13)14)9-5-6-10(11)15-9/h5-6,8,12H,3-4,7H2,1-2H3. The van der Waals surface area contributed by atoms with Gasteiger partial charge < -0.3 is 5.32 Å². The maximum atomic E-state index is 11.0. The maximum Gasteiger partial charge on any atom is 0.147 e. The Labute approximate surface area is 109 Å². The molecule has 1 unspecified atom stereocenters. The van der Waals surface area contributed by atoms with Crippen molar-refractivity contribution in [3.63, 3.8) is 0 Å². The van der Waals surface area contributed by atoms with Crippen LogP contribution in [0.3, 0.4) is 0 Å². The normalized spacial score (nSPS) is 13.9.